The summed E-state index contributed by atoms with van der Waals surface area (Å²) < 4.78 is 7.39. The van der Waals surface area contributed by atoms with Crippen molar-refractivity contribution in [2.24, 2.45) is 0 Å². The highest BCUT2D eigenvalue weighted by molar-refractivity contribution is 5.91. The van der Waals surface area contributed by atoms with Gasteiger partial charge in [0.15, 0.2) is 5.76 Å². The van der Waals surface area contributed by atoms with Gasteiger partial charge >= 0.3 is 0 Å². The Bertz CT molecular complexity index is 787. The first-order valence-corrected chi connectivity index (χ1v) is 8.10. The van der Waals surface area contributed by atoms with E-state index in [9.17, 15) is 4.79 Å². The normalized spacial score (nSPS) is 12.4. The van der Waals surface area contributed by atoms with E-state index in [1.807, 2.05) is 6.92 Å². The van der Waals surface area contributed by atoms with Gasteiger partial charge in [-0.15, -0.1) is 0 Å². The molecule has 4 heteroatoms. The molecule has 1 aromatic carbocycles. The molecule has 3 aromatic rings. The van der Waals surface area contributed by atoms with Crippen LogP contribution >= 0.6 is 0 Å². The maximum Gasteiger partial charge on any atom is 0.287 e. The number of carbonyl (C=O) groups excluding carboxylic acids is 1. The molecule has 3 rings (SSSR count). The fourth-order valence-corrected chi connectivity index (χ4v) is 2.93. The van der Waals surface area contributed by atoms with Crippen molar-refractivity contribution in [2.45, 2.75) is 39.3 Å². The molecule has 4 nitrogen and oxygen atoms in total. The molecule has 0 saturated heterocycles. The summed E-state index contributed by atoms with van der Waals surface area (Å²) in [5.41, 5.74) is 2.61. The van der Waals surface area contributed by atoms with Crippen LogP contribution in [0.15, 0.2) is 53.3 Å². The Kier molecular flexibility index (Phi) is 4.51. The fourth-order valence-electron chi connectivity index (χ4n) is 2.93. The standard InChI is InChI=1S/C19H22N2O2/c1-3-21-13-15(16-7-4-5-8-17(16)21)11-10-14(2)20-19(22)18-9-6-12-23-18/h4-9,12-14H,3,10-11H2,1-2H3,(H,20,22)/t14-/m0/s1. The lowest BCUT2D eigenvalue weighted by atomic mass is 10.1. The van der Waals surface area contributed by atoms with Crippen molar-refractivity contribution >= 4 is 16.8 Å². The smallest absolute Gasteiger partial charge is 0.287 e. The van der Waals surface area contributed by atoms with Crippen molar-refractivity contribution in [1.82, 2.24) is 9.88 Å². The van der Waals surface area contributed by atoms with Gasteiger partial charge in [0.25, 0.3) is 5.91 Å². The van der Waals surface area contributed by atoms with Gasteiger partial charge in [-0.3, -0.25) is 4.79 Å². The quantitative estimate of drug-likeness (QED) is 0.748. The van der Waals surface area contributed by atoms with E-state index < -0.39 is 0 Å². The van der Waals surface area contributed by atoms with E-state index in [1.54, 1.807) is 12.1 Å². The van der Waals surface area contributed by atoms with Crippen molar-refractivity contribution in [3.63, 3.8) is 0 Å². The molecule has 1 N–H and O–H groups in total. The number of nitrogens with zero attached hydrogens (tertiary/aromatic N) is 1. The number of benzene rings is 1. The zero-order valence-corrected chi connectivity index (χ0v) is 13.6. The highest BCUT2D eigenvalue weighted by atomic mass is 16.3. The molecule has 0 spiro atoms. The lowest BCUT2D eigenvalue weighted by Gasteiger charge is -2.12. The first kappa shape index (κ1) is 15.4. The van der Waals surface area contributed by atoms with Crippen molar-refractivity contribution in [3.8, 4) is 0 Å². The number of furan rings is 1. The Morgan fingerprint density at radius 2 is 2.09 bits per heavy atom. The van der Waals surface area contributed by atoms with Crippen LogP contribution in [0.3, 0.4) is 0 Å². The maximum atomic E-state index is 12.0. The molecule has 0 aliphatic rings. The minimum absolute atomic E-state index is 0.0938. The minimum atomic E-state index is -0.154. The first-order valence-electron chi connectivity index (χ1n) is 8.10. The summed E-state index contributed by atoms with van der Waals surface area (Å²) >= 11 is 0. The number of fused-ring (bicyclic) bond motifs is 1. The highest BCUT2D eigenvalue weighted by Gasteiger charge is 2.13. The summed E-state index contributed by atoms with van der Waals surface area (Å²) in [7, 11) is 0. The molecule has 0 bridgehead atoms. The second-order valence-electron chi connectivity index (χ2n) is 5.85. The number of para-hydroxylation sites is 1. The van der Waals surface area contributed by atoms with Gasteiger partial charge in [0.05, 0.1) is 6.26 Å². The molecule has 0 aliphatic heterocycles. The van der Waals surface area contributed by atoms with Crippen LogP contribution in [0.1, 0.15) is 36.4 Å². The van der Waals surface area contributed by atoms with Crippen LogP contribution in [0.25, 0.3) is 10.9 Å². The molecule has 23 heavy (non-hydrogen) atoms. The van der Waals surface area contributed by atoms with Crippen LogP contribution in [0, 0.1) is 0 Å². The predicted molar refractivity (Wildman–Crippen MR) is 91.6 cm³/mol. The maximum absolute atomic E-state index is 12.0. The third-order valence-electron chi connectivity index (χ3n) is 4.18. The second kappa shape index (κ2) is 6.73. The molecular weight excluding hydrogens is 288 g/mol. The van der Waals surface area contributed by atoms with Gasteiger partial charge in [-0.25, -0.2) is 0 Å². The van der Waals surface area contributed by atoms with E-state index in [4.69, 9.17) is 4.42 Å². The summed E-state index contributed by atoms with van der Waals surface area (Å²) in [6, 6.07) is 12.0. The van der Waals surface area contributed by atoms with Crippen molar-refractivity contribution in [2.75, 3.05) is 0 Å². The summed E-state index contributed by atoms with van der Waals surface area (Å²) in [6.07, 6.45) is 5.57. The van der Waals surface area contributed by atoms with Crippen LogP contribution in [-0.4, -0.2) is 16.5 Å². The zero-order valence-electron chi connectivity index (χ0n) is 13.6. The average Bonchev–Trinajstić information content (AvgIpc) is 3.21. The second-order valence-corrected chi connectivity index (χ2v) is 5.85. The molecule has 0 aliphatic carbocycles. The average molecular weight is 310 g/mol. The van der Waals surface area contributed by atoms with Crippen LogP contribution in [-0.2, 0) is 13.0 Å². The monoisotopic (exact) mass is 310 g/mol. The Morgan fingerprint density at radius 3 is 2.83 bits per heavy atom. The highest BCUT2D eigenvalue weighted by Crippen LogP contribution is 2.22. The first-order chi connectivity index (χ1) is 11.2. The molecule has 0 unspecified atom stereocenters. The Morgan fingerprint density at radius 1 is 1.26 bits per heavy atom. The topological polar surface area (TPSA) is 47.2 Å². The molecule has 0 saturated carbocycles. The molecule has 1 atom stereocenters. The van der Waals surface area contributed by atoms with Gasteiger partial charge in [-0.1, -0.05) is 18.2 Å². The predicted octanol–water partition coefficient (Wildman–Crippen LogP) is 4.01. The van der Waals surface area contributed by atoms with Crippen LogP contribution in [0.5, 0.6) is 0 Å². The molecule has 120 valence electrons. The number of aromatic nitrogens is 1. The van der Waals surface area contributed by atoms with Crippen molar-refractivity contribution in [1.29, 1.82) is 0 Å². The number of aryl methyl sites for hydroxylation is 2. The van der Waals surface area contributed by atoms with E-state index in [-0.39, 0.29) is 11.9 Å². The number of rotatable bonds is 6. The lowest BCUT2D eigenvalue weighted by Crippen LogP contribution is -2.32. The summed E-state index contributed by atoms with van der Waals surface area (Å²) in [6.45, 7) is 5.15. The Hall–Kier alpha value is -2.49. The van der Waals surface area contributed by atoms with Gasteiger partial charge in [0.1, 0.15) is 0 Å². The van der Waals surface area contributed by atoms with E-state index in [0.29, 0.717) is 5.76 Å². The number of carbonyl (C=O) groups is 1. The minimum Gasteiger partial charge on any atom is -0.459 e. The van der Waals surface area contributed by atoms with Gasteiger partial charge in [0.2, 0.25) is 0 Å². The summed E-state index contributed by atoms with van der Waals surface area (Å²) in [4.78, 5) is 12.0. The molecule has 2 aromatic heterocycles. The van der Waals surface area contributed by atoms with Gasteiger partial charge in [0, 0.05) is 29.7 Å². The number of hydrogen-bond donors (Lipinski definition) is 1. The van der Waals surface area contributed by atoms with E-state index in [2.05, 4.69) is 47.3 Å². The van der Waals surface area contributed by atoms with Crippen LogP contribution in [0.4, 0.5) is 0 Å². The van der Waals surface area contributed by atoms with E-state index in [0.717, 1.165) is 19.4 Å². The molecule has 0 radical (unpaired) electrons. The van der Waals surface area contributed by atoms with Gasteiger partial charge in [-0.05, 0) is 50.5 Å². The third-order valence-corrected chi connectivity index (χ3v) is 4.18. The van der Waals surface area contributed by atoms with Gasteiger partial charge in [-0.2, -0.15) is 0 Å². The summed E-state index contributed by atoms with van der Waals surface area (Å²) in [5.74, 6) is 0.206. The van der Waals surface area contributed by atoms with Crippen molar-refractivity contribution < 1.29 is 9.21 Å². The number of hydrogen-bond acceptors (Lipinski definition) is 2. The van der Waals surface area contributed by atoms with Crippen LogP contribution < -0.4 is 5.32 Å². The largest absolute Gasteiger partial charge is 0.459 e. The number of amides is 1. The molecule has 0 fully saturated rings. The molecule has 1 amide bonds. The van der Waals surface area contributed by atoms with E-state index >= 15 is 0 Å². The van der Waals surface area contributed by atoms with Crippen LogP contribution in [0.2, 0.25) is 0 Å². The zero-order chi connectivity index (χ0) is 16.2. The summed E-state index contributed by atoms with van der Waals surface area (Å²) in [5, 5.41) is 4.29. The van der Waals surface area contributed by atoms with Crippen molar-refractivity contribution in [3.05, 3.63) is 60.2 Å². The molecular formula is C19H22N2O2. The fraction of sp³-hybridized carbons (Fsp3) is 0.316. The number of nitrogens with one attached hydrogen (secondary N) is 1. The Balaban J connectivity index is 1.65. The third kappa shape index (κ3) is 3.31. The molecule has 2 heterocycles. The Labute approximate surface area is 136 Å². The van der Waals surface area contributed by atoms with E-state index in [1.165, 1.54) is 22.7 Å². The lowest BCUT2D eigenvalue weighted by molar-refractivity contribution is 0.0910. The van der Waals surface area contributed by atoms with Gasteiger partial charge < -0.3 is 14.3 Å². The SMILES string of the molecule is CCn1cc(CC[C@H](C)NC(=O)c2ccco2)c2ccccc21.